The largest absolute Gasteiger partial charge is 0.351 e. The number of rotatable bonds is 4. The Labute approximate surface area is 112 Å². The Morgan fingerprint density at radius 1 is 1.47 bits per heavy atom. The highest BCUT2D eigenvalue weighted by Gasteiger charge is 2.38. The zero-order valence-electron chi connectivity index (χ0n) is 11.2. The monoisotopic (exact) mass is 286 g/mol. The summed E-state index contributed by atoms with van der Waals surface area (Å²) in [7, 11) is -3.53. The number of nitrogens with zero attached hydrogens (tertiary/aromatic N) is 3. The minimum absolute atomic E-state index is 0.0578. The number of nitrogens with one attached hydrogen (secondary N) is 1. The van der Waals surface area contributed by atoms with Crippen molar-refractivity contribution in [2.75, 3.05) is 13.1 Å². The zero-order chi connectivity index (χ0) is 14.2. The molecule has 0 aromatic carbocycles. The number of hydrogen-bond donors (Lipinski definition) is 1. The lowest BCUT2D eigenvalue weighted by molar-refractivity contribution is -0.120. The molecule has 0 bridgehead atoms. The smallest absolute Gasteiger partial charge is 0.262 e. The first kappa shape index (κ1) is 14.0. The molecule has 0 radical (unpaired) electrons. The van der Waals surface area contributed by atoms with E-state index >= 15 is 0 Å². The van der Waals surface area contributed by atoms with Crippen molar-refractivity contribution < 1.29 is 13.2 Å². The third-order valence-electron chi connectivity index (χ3n) is 3.03. The van der Waals surface area contributed by atoms with E-state index in [-0.39, 0.29) is 23.0 Å². The summed E-state index contributed by atoms with van der Waals surface area (Å²) >= 11 is 0. The van der Waals surface area contributed by atoms with Gasteiger partial charge in [-0.15, -0.1) is 0 Å². The van der Waals surface area contributed by atoms with E-state index in [1.165, 1.54) is 23.8 Å². The number of hydrogen-bond acceptors (Lipinski definition) is 4. The Morgan fingerprint density at radius 3 is 2.58 bits per heavy atom. The van der Waals surface area contributed by atoms with E-state index in [9.17, 15) is 13.2 Å². The summed E-state index contributed by atoms with van der Waals surface area (Å²) in [6, 6.07) is 0.0689. The molecule has 0 saturated carbocycles. The van der Waals surface area contributed by atoms with E-state index in [4.69, 9.17) is 0 Å². The van der Waals surface area contributed by atoms with E-state index in [1.54, 1.807) is 4.57 Å². The molecule has 1 saturated heterocycles. The Bertz CT molecular complexity index is 573. The molecule has 0 spiro atoms. The van der Waals surface area contributed by atoms with Gasteiger partial charge in [-0.1, -0.05) is 0 Å². The zero-order valence-corrected chi connectivity index (χ0v) is 12.0. The van der Waals surface area contributed by atoms with Crippen LogP contribution in [0.5, 0.6) is 0 Å². The number of amides is 1. The molecule has 1 aromatic heterocycles. The maximum absolute atomic E-state index is 12.2. The Kier molecular flexibility index (Phi) is 3.64. The summed E-state index contributed by atoms with van der Waals surface area (Å²) in [5.74, 6) is -0.147. The quantitative estimate of drug-likeness (QED) is 0.842. The fourth-order valence-corrected chi connectivity index (χ4v) is 3.33. The van der Waals surface area contributed by atoms with Crippen LogP contribution in [-0.4, -0.2) is 47.3 Å². The number of carbonyl (C=O) groups excluding carboxylic acids is 1. The van der Waals surface area contributed by atoms with Crippen LogP contribution in [0.3, 0.4) is 0 Å². The van der Waals surface area contributed by atoms with Gasteiger partial charge in [-0.25, -0.2) is 13.4 Å². The molecule has 1 aromatic rings. The predicted octanol–water partition coefficient (Wildman–Crippen LogP) is -0.0270. The van der Waals surface area contributed by atoms with Crippen LogP contribution in [0.4, 0.5) is 0 Å². The van der Waals surface area contributed by atoms with Gasteiger partial charge in [0.05, 0.1) is 12.4 Å². The fraction of sp³-hybridized carbons (Fsp3) is 0.636. The van der Waals surface area contributed by atoms with Gasteiger partial charge < -0.3 is 9.88 Å². The summed E-state index contributed by atoms with van der Waals surface area (Å²) in [4.78, 5) is 14.8. The maximum atomic E-state index is 12.2. The van der Waals surface area contributed by atoms with Gasteiger partial charge in [0.2, 0.25) is 5.91 Å². The van der Waals surface area contributed by atoms with Crippen molar-refractivity contribution in [2.45, 2.75) is 37.9 Å². The lowest BCUT2D eigenvalue weighted by atomic mass is 10.2. The van der Waals surface area contributed by atoms with Crippen molar-refractivity contribution in [2.24, 2.45) is 0 Å². The van der Waals surface area contributed by atoms with Gasteiger partial charge in [-0.05, 0) is 13.8 Å². The molecule has 19 heavy (non-hydrogen) atoms. The molecular formula is C11H18N4O3S. The number of imidazole rings is 1. The average Bonchev–Trinajstić information content (AvgIpc) is 2.71. The number of sulfonamides is 1. The lowest BCUT2D eigenvalue weighted by Gasteiger charge is -2.37. The normalized spacial score (nSPS) is 17.5. The van der Waals surface area contributed by atoms with Crippen LogP contribution in [0.2, 0.25) is 0 Å². The van der Waals surface area contributed by atoms with Crippen molar-refractivity contribution in [3.63, 3.8) is 0 Å². The first-order valence-electron chi connectivity index (χ1n) is 6.11. The molecule has 1 aliphatic heterocycles. The molecule has 1 fully saturated rings. The average molecular weight is 286 g/mol. The highest BCUT2D eigenvalue weighted by molar-refractivity contribution is 7.89. The van der Waals surface area contributed by atoms with E-state index in [1.807, 2.05) is 13.8 Å². The highest BCUT2D eigenvalue weighted by Crippen LogP contribution is 2.21. The minimum Gasteiger partial charge on any atom is -0.351 e. The summed E-state index contributed by atoms with van der Waals surface area (Å²) in [5.41, 5.74) is 0. The van der Waals surface area contributed by atoms with E-state index in [2.05, 4.69) is 10.3 Å². The number of carbonyl (C=O) groups is 1. The van der Waals surface area contributed by atoms with Crippen molar-refractivity contribution in [3.05, 3.63) is 12.5 Å². The first-order chi connectivity index (χ1) is 8.80. The molecule has 106 valence electrons. The summed E-state index contributed by atoms with van der Waals surface area (Å²) in [6.07, 6.45) is 3.05. The molecule has 0 atom stereocenters. The van der Waals surface area contributed by atoms with E-state index in [0.717, 1.165) is 0 Å². The topological polar surface area (TPSA) is 84.3 Å². The lowest BCUT2D eigenvalue weighted by Crippen LogP contribution is -2.60. The van der Waals surface area contributed by atoms with Crippen molar-refractivity contribution in [1.29, 1.82) is 0 Å². The van der Waals surface area contributed by atoms with Gasteiger partial charge in [-0.2, -0.15) is 4.31 Å². The molecule has 1 N–H and O–H groups in total. The van der Waals surface area contributed by atoms with Crippen LogP contribution in [0, 0.1) is 0 Å². The highest BCUT2D eigenvalue weighted by atomic mass is 32.2. The third kappa shape index (κ3) is 2.79. The molecule has 2 heterocycles. The SMILES string of the molecule is CC(=O)NC1CN(S(=O)(=O)c2cn(C(C)C)cn2)C1. The van der Waals surface area contributed by atoms with Gasteiger partial charge in [0.1, 0.15) is 0 Å². The first-order valence-corrected chi connectivity index (χ1v) is 7.55. The second-order valence-electron chi connectivity index (χ2n) is 4.97. The molecule has 1 amide bonds. The Morgan fingerprint density at radius 2 is 2.11 bits per heavy atom. The van der Waals surface area contributed by atoms with Gasteiger partial charge in [0, 0.05) is 32.3 Å². The van der Waals surface area contributed by atoms with Gasteiger partial charge in [0.15, 0.2) is 5.03 Å². The van der Waals surface area contributed by atoms with Gasteiger partial charge >= 0.3 is 0 Å². The van der Waals surface area contributed by atoms with Crippen LogP contribution in [-0.2, 0) is 14.8 Å². The van der Waals surface area contributed by atoms with E-state index in [0.29, 0.717) is 13.1 Å². The predicted molar refractivity (Wildman–Crippen MR) is 69.0 cm³/mol. The standard InChI is InChI=1S/C11H18N4O3S/c1-8(2)14-6-11(12-7-14)19(17,18)15-4-10(5-15)13-9(3)16/h6-8,10H,4-5H2,1-3H3,(H,13,16). The Hall–Kier alpha value is -1.41. The number of aromatic nitrogens is 2. The molecule has 0 unspecified atom stereocenters. The second kappa shape index (κ2) is 4.93. The van der Waals surface area contributed by atoms with Crippen molar-refractivity contribution >= 4 is 15.9 Å². The van der Waals surface area contributed by atoms with Crippen molar-refractivity contribution in [3.8, 4) is 0 Å². The summed E-state index contributed by atoms with van der Waals surface area (Å²) < 4.78 is 27.5. The van der Waals surface area contributed by atoms with Crippen molar-refractivity contribution in [1.82, 2.24) is 19.2 Å². The van der Waals surface area contributed by atoms with Crippen LogP contribution in [0.15, 0.2) is 17.6 Å². The van der Waals surface area contributed by atoms with Gasteiger partial charge in [-0.3, -0.25) is 4.79 Å². The fourth-order valence-electron chi connectivity index (χ4n) is 1.88. The van der Waals surface area contributed by atoms with Crippen LogP contribution < -0.4 is 5.32 Å². The molecular weight excluding hydrogens is 268 g/mol. The van der Waals surface area contributed by atoms with Gasteiger partial charge in [0.25, 0.3) is 10.0 Å². The molecule has 0 aliphatic carbocycles. The molecule has 8 heteroatoms. The third-order valence-corrected chi connectivity index (χ3v) is 4.75. The summed E-state index contributed by atoms with van der Waals surface area (Å²) in [6.45, 7) is 5.93. The molecule has 2 rings (SSSR count). The van der Waals surface area contributed by atoms with Crippen LogP contribution >= 0.6 is 0 Å². The minimum atomic E-state index is -3.53. The van der Waals surface area contributed by atoms with Crippen LogP contribution in [0.1, 0.15) is 26.8 Å². The maximum Gasteiger partial charge on any atom is 0.262 e. The molecule has 1 aliphatic rings. The van der Waals surface area contributed by atoms with Crippen LogP contribution in [0.25, 0.3) is 0 Å². The second-order valence-corrected chi connectivity index (χ2v) is 6.86. The summed E-state index contributed by atoms with van der Waals surface area (Å²) in [5, 5.41) is 2.74. The molecule has 7 nitrogen and oxygen atoms in total. The van der Waals surface area contributed by atoms with E-state index < -0.39 is 10.0 Å². The Balaban J connectivity index is 2.05.